The maximum atomic E-state index is 11.2. The summed E-state index contributed by atoms with van der Waals surface area (Å²) in [5.74, 6) is 0. The molecule has 1 aromatic heterocycles. The van der Waals surface area contributed by atoms with Gasteiger partial charge in [-0.05, 0) is 49.4 Å². The zero-order valence-electron chi connectivity index (χ0n) is 12.0. The second kappa shape index (κ2) is 5.51. The Balaban J connectivity index is 2.01. The molecule has 1 saturated heterocycles. The first-order chi connectivity index (χ1) is 9.73. The largest absolute Gasteiger partial charge is 0.385 e. The second-order valence-corrected chi connectivity index (χ2v) is 5.72. The van der Waals surface area contributed by atoms with E-state index in [1.54, 1.807) is 0 Å². The fourth-order valence-electron chi connectivity index (χ4n) is 3.29. The Morgan fingerprint density at radius 2 is 2.15 bits per heavy atom. The average molecular weight is 270 g/mol. The summed E-state index contributed by atoms with van der Waals surface area (Å²) < 4.78 is 0. The van der Waals surface area contributed by atoms with Gasteiger partial charge in [0.05, 0.1) is 5.60 Å². The smallest absolute Gasteiger partial charge is 0.0915 e. The minimum Gasteiger partial charge on any atom is -0.385 e. The predicted molar refractivity (Wildman–Crippen MR) is 81.6 cm³/mol. The van der Waals surface area contributed by atoms with Gasteiger partial charge in [-0.15, -0.1) is 0 Å². The second-order valence-electron chi connectivity index (χ2n) is 5.72. The van der Waals surface area contributed by atoms with Crippen LogP contribution in [0.2, 0.25) is 0 Å². The van der Waals surface area contributed by atoms with E-state index in [0.717, 1.165) is 55.2 Å². The molecule has 2 aromatic rings. The van der Waals surface area contributed by atoms with Crippen molar-refractivity contribution in [1.29, 1.82) is 0 Å². The molecular weight excluding hydrogens is 248 g/mol. The summed E-state index contributed by atoms with van der Waals surface area (Å²) in [6, 6.07) is 8.18. The summed E-state index contributed by atoms with van der Waals surface area (Å²) in [7, 11) is 0. The molecule has 3 rings (SSSR count). The van der Waals surface area contributed by atoms with Crippen LogP contribution in [0.15, 0.2) is 36.7 Å². The average Bonchev–Trinajstić information content (AvgIpc) is 2.69. The Bertz CT molecular complexity index is 593. The van der Waals surface area contributed by atoms with Gasteiger partial charge < -0.3 is 10.0 Å². The normalized spacial score (nSPS) is 24.7. The molecule has 20 heavy (non-hydrogen) atoms. The minimum atomic E-state index is -0.704. The summed E-state index contributed by atoms with van der Waals surface area (Å²) in [4.78, 5) is 6.60. The van der Waals surface area contributed by atoms with E-state index in [2.05, 4.69) is 28.9 Å². The van der Waals surface area contributed by atoms with Crippen LogP contribution in [0.1, 0.15) is 31.7 Å². The van der Waals surface area contributed by atoms with Gasteiger partial charge in [-0.1, -0.05) is 25.1 Å². The molecule has 1 N–H and O–H groups in total. The summed E-state index contributed by atoms with van der Waals surface area (Å²) >= 11 is 0. The van der Waals surface area contributed by atoms with Crippen molar-refractivity contribution in [3.05, 3.63) is 42.2 Å². The topological polar surface area (TPSA) is 36.4 Å². The third-order valence-electron chi connectivity index (χ3n) is 4.54. The van der Waals surface area contributed by atoms with E-state index < -0.39 is 5.60 Å². The predicted octanol–water partition coefficient (Wildman–Crippen LogP) is 2.93. The molecule has 0 saturated carbocycles. The lowest BCUT2D eigenvalue weighted by molar-refractivity contribution is 0.0228. The van der Waals surface area contributed by atoms with E-state index in [1.807, 2.05) is 24.5 Å². The van der Waals surface area contributed by atoms with Gasteiger partial charge in [0.15, 0.2) is 0 Å². The molecule has 0 amide bonds. The number of hydrogen-bond acceptors (Lipinski definition) is 3. The van der Waals surface area contributed by atoms with E-state index in [-0.39, 0.29) is 0 Å². The first kappa shape index (κ1) is 13.5. The van der Waals surface area contributed by atoms with Crippen molar-refractivity contribution in [2.75, 3.05) is 19.6 Å². The lowest BCUT2D eigenvalue weighted by atomic mass is 9.84. The summed E-state index contributed by atoms with van der Waals surface area (Å²) in [5.41, 5.74) is 0.362. The number of pyridine rings is 1. The molecule has 106 valence electrons. The van der Waals surface area contributed by atoms with Crippen molar-refractivity contribution in [3.63, 3.8) is 0 Å². The third-order valence-corrected chi connectivity index (χ3v) is 4.54. The summed E-state index contributed by atoms with van der Waals surface area (Å²) in [5, 5.41) is 13.4. The van der Waals surface area contributed by atoms with Crippen LogP contribution in [0.3, 0.4) is 0 Å². The molecule has 0 radical (unpaired) electrons. The highest BCUT2D eigenvalue weighted by molar-refractivity contribution is 5.85. The van der Waals surface area contributed by atoms with Crippen LogP contribution in [0.4, 0.5) is 0 Å². The maximum Gasteiger partial charge on any atom is 0.0915 e. The lowest BCUT2D eigenvalue weighted by Gasteiger charge is -2.28. The Morgan fingerprint density at radius 1 is 1.25 bits per heavy atom. The van der Waals surface area contributed by atoms with Gasteiger partial charge in [0.25, 0.3) is 0 Å². The zero-order chi connectivity index (χ0) is 14.0. The Kier molecular flexibility index (Phi) is 3.72. The molecule has 1 unspecified atom stereocenters. The molecule has 0 spiro atoms. The fraction of sp³-hybridized carbons (Fsp3) is 0.471. The molecule has 3 heteroatoms. The highest BCUT2D eigenvalue weighted by atomic mass is 16.3. The molecule has 2 heterocycles. The maximum absolute atomic E-state index is 11.2. The highest BCUT2D eigenvalue weighted by Gasteiger charge is 2.32. The number of nitrogens with zero attached hydrogens (tertiary/aromatic N) is 2. The number of aliphatic hydroxyl groups is 1. The Labute approximate surface area is 120 Å². The van der Waals surface area contributed by atoms with Gasteiger partial charge in [0.1, 0.15) is 0 Å². The van der Waals surface area contributed by atoms with Gasteiger partial charge in [-0.25, -0.2) is 0 Å². The SMILES string of the molecule is CCN1CCCC(O)(c2cccc3cnccc23)CC1. The van der Waals surface area contributed by atoms with Crippen molar-refractivity contribution in [2.45, 2.75) is 31.8 Å². The quantitative estimate of drug-likeness (QED) is 0.911. The van der Waals surface area contributed by atoms with Gasteiger partial charge in [0.2, 0.25) is 0 Å². The zero-order valence-corrected chi connectivity index (χ0v) is 12.0. The molecule has 1 aromatic carbocycles. The molecule has 1 fully saturated rings. The number of likely N-dealkylation sites (tertiary alicyclic amines) is 1. The van der Waals surface area contributed by atoms with Crippen molar-refractivity contribution in [2.24, 2.45) is 0 Å². The van der Waals surface area contributed by atoms with Crippen LogP contribution in [0, 0.1) is 0 Å². The number of aromatic nitrogens is 1. The van der Waals surface area contributed by atoms with Gasteiger partial charge in [-0.3, -0.25) is 4.98 Å². The highest BCUT2D eigenvalue weighted by Crippen LogP contribution is 2.36. The van der Waals surface area contributed by atoms with Crippen LogP contribution in [0.5, 0.6) is 0 Å². The first-order valence-electron chi connectivity index (χ1n) is 7.51. The van der Waals surface area contributed by atoms with E-state index >= 15 is 0 Å². The number of fused-ring (bicyclic) bond motifs is 1. The van der Waals surface area contributed by atoms with Crippen molar-refractivity contribution in [1.82, 2.24) is 9.88 Å². The van der Waals surface area contributed by atoms with Crippen LogP contribution >= 0.6 is 0 Å². The Morgan fingerprint density at radius 3 is 3.00 bits per heavy atom. The molecule has 0 bridgehead atoms. The van der Waals surface area contributed by atoms with Crippen LogP contribution in [-0.2, 0) is 5.60 Å². The minimum absolute atomic E-state index is 0.704. The molecule has 1 aliphatic rings. The molecule has 0 aliphatic carbocycles. The van der Waals surface area contributed by atoms with E-state index in [4.69, 9.17) is 0 Å². The van der Waals surface area contributed by atoms with Gasteiger partial charge in [0, 0.05) is 24.3 Å². The Hall–Kier alpha value is -1.45. The van der Waals surface area contributed by atoms with E-state index in [9.17, 15) is 5.11 Å². The number of hydrogen-bond donors (Lipinski definition) is 1. The molecular formula is C17H22N2O. The van der Waals surface area contributed by atoms with Crippen LogP contribution in [0.25, 0.3) is 10.8 Å². The summed E-state index contributed by atoms with van der Waals surface area (Å²) in [6.45, 7) is 5.31. The lowest BCUT2D eigenvalue weighted by Crippen LogP contribution is -2.29. The number of benzene rings is 1. The van der Waals surface area contributed by atoms with Gasteiger partial charge in [-0.2, -0.15) is 0 Å². The van der Waals surface area contributed by atoms with E-state index in [0.29, 0.717) is 0 Å². The third kappa shape index (κ3) is 2.43. The fourth-order valence-corrected chi connectivity index (χ4v) is 3.29. The molecule has 3 nitrogen and oxygen atoms in total. The molecule has 1 aliphatic heterocycles. The van der Waals surface area contributed by atoms with Gasteiger partial charge >= 0.3 is 0 Å². The summed E-state index contributed by atoms with van der Waals surface area (Å²) in [6.07, 6.45) is 6.38. The first-order valence-corrected chi connectivity index (χ1v) is 7.51. The van der Waals surface area contributed by atoms with Crippen molar-refractivity contribution in [3.8, 4) is 0 Å². The van der Waals surface area contributed by atoms with E-state index in [1.165, 1.54) is 0 Å². The monoisotopic (exact) mass is 270 g/mol. The standard InChI is InChI=1S/C17H22N2O/c1-2-19-11-4-8-17(20,9-12-19)16-6-3-5-14-13-18-10-7-15(14)16/h3,5-7,10,13,20H,2,4,8-9,11-12H2,1H3. The van der Waals surface area contributed by atoms with Crippen molar-refractivity contribution >= 4 is 10.8 Å². The van der Waals surface area contributed by atoms with Crippen molar-refractivity contribution < 1.29 is 5.11 Å². The van der Waals surface area contributed by atoms with Crippen LogP contribution < -0.4 is 0 Å². The number of rotatable bonds is 2. The molecule has 1 atom stereocenters. The van der Waals surface area contributed by atoms with Crippen LogP contribution in [-0.4, -0.2) is 34.6 Å².